The van der Waals surface area contributed by atoms with E-state index >= 15 is 0 Å². The van der Waals surface area contributed by atoms with Crippen LogP contribution in [0.15, 0.2) is 0 Å². The van der Waals surface area contributed by atoms with Crippen LogP contribution in [0.5, 0.6) is 0 Å². The summed E-state index contributed by atoms with van der Waals surface area (Å²) in [5.41, 5.74) is 0. The Bertz CT molecular complexity index is 193. The van der Waals surface area contributed by atoms with Gasteiger partial charge in [0.15, 0.2) is 0 Å². The fraction of sp³-hybridized carbons (Fsp3) is 1.00. The maximum atomic E-state index is 5.40. The molecule has 3 aliphatic rings. The fourth-order valence-electron chi connectivity index (χ4n) is 2.87. The van der Waals surface area contributed by atoms with Gasteiger partial charge in [-0.3, -0.25) is 0 Å². The molecule has 2 heterocycles. The van der Waals surface area contributed by atoms with Gasteiger partial charge in [0, 0.05) is 11.8 Å². The van der Waals surface area contributed by atoms with Crippen molar-refractivity contribution in [3.63, 3.8) is 0 Å². The zero-order chi connectivity index (χ0) is 9.38. The van der Waals surface area contributed by atoms with E-state index in [0.29, 0.717) is 0 Å². The first-order valence-corrected chi connectivity index (χ1v) is 6.99. The molecule has 0 bridgehead atoms. The molecule has 3 fully saturated rings. The molecular weight excluding hydrogens is 194 g/mol. The van der Waals surface area contributed by atoms with E-state index in [0.717, 1.165) is 37.0 Å². The minimum atomic E-state index is 0.802. The Morgan fingerprint density at radius 2 is 2.14 bits per heavy atom. The van der Waals surface area contributed by atoms with Crippen LogP contribution in [-0.2, 0) is 4.74 Å². The van der Waals surface area contributed by atoms with Gasteiger partial charge in [-0.25, -0.2) is 0 Å². The third-order valence-electron chi connectivity index (χ3n) is 3.93. The Hall–Kier alpha value is 0.270. The molecule has 3 unspecified atom stereocenters. The first-order valence-electron chi connectivity index (χ1n) is 5.84. The lowest BCUT2D eigenvalue weighted by Gasteiger charge is -2.22. The molecule has 0 aromatic carbocycles. The lowest BCUT2D eigenvalue weighted by atomic mass is 10.2. The van der Waals surface area contributed by atoms with E-state index in [9.17, 15) is 0 Å². The van der Waals surface area contributed by atoms with Gasteiger partial charge in [0.25, 0.3) is 0 Å². The van der Waals surface area contributed by atoms with Crippen LogP contribution in [0.4, 0.5) is 0 Å². The predicted octanol–water partition coefficient (Wildman–Crippen LogP) is 1.36. The molecule has 14 heavy (non-hydrogen) atoms. The Balaban J connectivity index is 1.38. The lowest BCUT2D eigenvalue weighted by molar-refractivity contribution is 0.150. The van der Waals surface area contributed by atoms with Gasteiger partial charge in [-0.1, -0.05) is 0 Å². The molecule has 2 aliphatic heterocycles. The van der Waals surface area contributed by atoms with Crippen molar-refractivity contribution in [2.24, 2.45) is 17.8 Å². The first kappa shape index (κ1) is 9.49. The van der Waals surface area contributed by atoms with Gasteiger partial charge in [-0.15, -0.1) is 0 Å². The van der Waals surface area contributed by atoms with Gasteiger partial charge in [-0.05, 0) is 42.9 Å². The number of nitrogens with one attached hydrogen (secondary N) is 1. The summed E-state index contributed by atoms with van der Waals surface area (Å²) in [7, 11) is 0. The van der Waals surface area contributed by atoms with Crippen LogP contribution in [0.25, 0.3) is 0 Å². The summed E-state index contributed by atoms with van der Waals surface area (Å²) in [5, 5.41) is 3.74. The molecule has 3 heteroatoms. The van der Waals surface area contributed by atoms with Crippen molar-refractivity contribution in [1.82, 2.24) is 5.32 Å². The predicted molar refractivity (Wildman–Crippen MR) is 59.6 cm³/mol. The van der Waals surface area contributed by atoms with Crippen molar-refractivity contribution in [2.45, 2.75) is 18.9 Å². The molecule has 3 rings (SSSR count). The highest BCUT2D eigenvalue weighted by atomic mass is 32.2. The van der Waals surface area contributed by atoms with Gasteiger partial charge >= 0.3 is 0 Å². The molecule has 0 amide bonds. The quantitative estimate of drug-likeness (QED) is 0.765. The Labute approximate surface area is 90.2 Å². The Morgan fingerprint density at radius 3 is 2.86 bits per heavy atom. The molecule has 1 saturated carbocycles. The van der Waals surface area contributed by atoms with E-state index < -0.39 is 0 Å². The van der Waals surface area contributed by atoms with Crippen molar-refractivity contribution < 1.29 is 4.74 Å². The summed E-state index contributed by atoms with van der Waals surface area (Å²) >= 11 is 2.11. The fourth-order valence-corrected chi connectivity index (χ4v) is 3.97. The van der Waals surface area contributed by atoms with Gasteiger partial charge in [0.2, 0.25) is 0 Å². The van der Waals surface area contributed by atoms with Crippen LogP contribution in [0.1, 0.15) is 12.8 Å². The largest absolute Gasteiger partial charge is 0.381 e. The second-order valence-electron chi connectivity index (χ2n) is 4.85. The number of rotatable bonds is 3. The van der Waals surface area contributed by atoms with E-state index in [1.165, 1.54) is 30.9 Å². The van der Waals surface area contributed by atoms with Crippen LogP contribution in [0.2, 0.25) is 0 Å². The number of hydrogen-bond acceptors (Lipinski definition) is 3. The van der Waals surface area contributed by atoms with Crippen LogP contribution >= 0.6 is 11.8 Å². The number of ether oxygens (including phenoxy) is 1. The molecule has 80 valence electrons. The summed E-state index contributed by atoms with van der Waals surface area (Å²) in [6.45, 7) is 3.33. The standard InChI is InChI=1S/C11H19NOS/c1-2-8(7-14-3-1)12-4-9-10-5-13-6-11(9)10/h8-12H,1-7H2. The molecule has 0 aromatic rings. The summed E-state index contributed by atoms with van der Waals surface area (Å²) in [6, 6.07) is 0.802. The third kappa shape index (κ3) is 1.82. The molecule has 0 aromatic heterocycles. The molecule has 2 nitrogen and oxygen atoms in total. The number of thioether (sulfide) groups is 1. The average Bonchev–Trinajstić information content (AvgIpc) is 2.69. The highest BCUT2D eigenvalue weighted by Crippen LogP contribution is 2.50. The zero-order valence-electron chi connectivity index (χ0n) is 8.58. The topological polar surface area (TPSA) is 21.3 Å². The average molecular weight is 213 g/mol. The molecule has 0 radical (unpaired) electrons. The van der Waals surface area contributed by atoms with Gasteiger partial charge in [0.1, 0.15) is 0 Å². The monoisotopic (exact) mass is 213 g/mol. The summed E-state index contributed by atoms with van der Waals surface area (Å²) in [4.78, 5) is 0. The minimum Gasteiger partial charge on any atom is -0.381 e. The second kappa shape index (κ2) is 4.03. The van der Waals surface area contributed by atoms with E-state index in [1.807, 2.05) is 0 Å². The summed E-state index contributed by atoms with van der Waals surface area (Å²) in [5.74, 6) is 5.49. The molecule has 1 N–H and O–H groups in total. The zero-order valence-corrected chi connectivity index (χ0v) is 9.39. The second-order valence-corrected chi connectivity index (χ2v) is 6.00. The van der Waals surface area contributed by atoms with Crippen molar-refractivity contribution in [3.8, 4) is 0 Å². The highest BCUT2D eigenvalue weighted by Gasteiger charge is 2.53. The minimum absolute atomic E-state index is 0.802. The molecular formula is C11H19NOS. The van der Waals surface area contributed by atoms with Crippen LogP contribution in [0, 0.1) is 17.8 Å². The molecule has 0 spiro atoms. The normalized spacial score (nSPS) is 46.3. The van der Waals surface area contributed by atoms with Crippen molar-refractivity contribution in [1.29, 1.82) is 0 Å². The highest BCUT2D eigenvalue weighted by molar-refractivity contribution is 7.99. The smallest absolute Gasteiger partial charge is 0.0501 e. The Morgan fingerprint density at radius 1 is 1.29 bits per heavy atom. The summed E-state index contributed by atoms with van der Waals surface area (Å²) in [6.07, 6.45) is 2.80. The molecule has 3 atom stereocenters. The van der Waals surface area contributed by atoms with Gasteiger partial charge in [-0.2, -0.15) is 11.8 Å². The van der Waals surface area contributed by atoms with E-state index in [1.54, 1.807) is 0 Å². The van der Waals surface area contributed by atoms with E-state index in [4.69, 9.17) is 4.74 Å². The van der Waals surface area contributed by atoms with Crippen LogP contribution in [-0.4, -0.2) is 37.3 Å². The van der Waals surface area contributed by atoms with Crippen molar-refractivity contribution in [2.75, 3.05) is 31.3 Å². The van der Waals surface area contributed by atoms with Gasteiger partial charge < -0.3 is 10.1 Å². The molecule has 2 saturated heterocycles. The maximum absolute atomic E-state index is 5.40. The van der Waals surface area contributed by atoms with Crippen molar-refractivity contribution in [3.05, 3.63) is 0 Å². The van der Waals surface area contributed by atoms with E-state index in [-0.39, 0.29) is 0 Å². The number of fused-ring (bicyclic) bond motifs is 1. The van der Waals surface area contributed by atoms with Crippen LogP contribution in [0.3, 0.4) is 0 Å². The lowest BCUT2D eigenvalue weighted by Crippen LogP contribution is -2.35. The van der Waals surface area contributed by atoms with E-state index in [2.05, 4.69) is 17.1 Å². The third-order valence-corrected chi connectivity index (χ3v) is 5.15. The maximum Gasteiger partial charge on any atom is 0.0501 e. The summed E-state index contributed by atoms with van der Waals surface area (Å²) < 4.78 is 5.40. The van der Waals surface area contributed by atoms with Gasteiger partial charge in [0.05, 0.1) is 13.2 Å². The Kier molecular flexibility index (Phi) is 2.73. The SMILES string of the molecule is C1CSCC(NCC2C3COCC23)C1. The van der Waals surface area contributed by atoms with Crippen LogP contribution < -0.4 is 5.32 Å². The first-order chi connectivity index (χ1) is 6.95. The van der Waals surface area contributed by atoms with Crippen molar-refractivity contribution >= 4 is 11.8 Å². The number of hydrogen-bond donors (Lipinski definition) is 1. The molecule has 1 aliphatic carbocycles.